The molecule has 0 aliphatic carbocycles. The van der Waals surface area contributed by atoms with Gasteiger partial charge in [-0.25, -0.2) is 4.79 Å². The molecule has 4 nitrogen and oxygen atoms in total. The van der Waals surface area contributed by atoms with Crippen molar-refractivity contribution in [2.75, 3.05) is 26.7 Å². The lowest BCUT2D eigenvalue weighted by atomic mass is 10.2. The molecule has 1 aliphatic rings. The predicted molar refractivity (Wildman–Crippen MR) is 84.1 cm³/mol. The van der Waals surface area contributed by atoms with E-state index in [0.717, 1.165) is 18.5 Å². The molecule has 0 aromatic heterocycles. The maximum absolute atomic E-state index is 12.0. The van der Waals surface area contributed by atoms with Crippen LogP contribution in [0.25, 0.3) is 0 Å². The van der Waals surface area contributed by atoms with Crippen LogP contribution in [0.1, 0.15) is 31.7 Å². The Morgan fingerprint density at radius 2 is 1.95 bits per heavy atom. The Kier molecular flexibility index (Phi) is 6.05. The van der Waals surface area contributed by atoms with Crippen molar-refractivity contribution in [3.63, 3.8) is 0 Å². The van der Waals surface area contributed by atoms with Crippen LogP contribution >= 0.6 is 0 Å². The molecule has 1 aromatic carbocycles. The summed E-state index contributed by atoms with van der Waals surface area (Å²) < 4.78 is 5.36. The number of hydrogen-bond acceptors (Lipinski definition) is 3. The summed E-state index contributed by atoms with van der Waals surface area (Å²) in [5.41, 5.74) is 1.02. The molecule has 1 amide bonds. The quantitative estimate of drug-likeness (QED) is 0.807. The first kappa shape index (κ1) is 15.8. The SMILES string of the molecule is CC(CCN1CCCC1)N(C)C(=O)OCc1ccccc1. The third-order valence-electron chi connectivity index (χ3n) is 4.22. The summed E-state index contributed by atoms with van der Waals surface area (Å²) in [5.74, 6) is 0. The number of nitrogens with zero attached hydrogens (tertiary/aromatic N) is 2. The highest BCUT2D eigenvalue weighted by Crippen LogP contribution is 2.11. The zero-order valence-electron chi connectivity index (χ0n) is 13.1. The normalized spacial score (nSPS) is 16.7. The Balaban J connectivity index is 1.70. The van der Waals surface area contributed by atoms with Crippen LogP contribution < -0.4 is 0 Å². The molecule has 1 atom stereocenters. The summed E-state index contributed by atoms with van der Waals surface area (Å²) in [6, 6.07) is 9.98. The average Bonchev–Trinajstić information content (AvgIpc) is 3.04. The van der Waals surface area contributed by atoms with Crippen molar-refractivity contribution in [2.24, 2.45) is 0 Å². The standard InChI is InChI=1S/C17H26N2O2/c1-15(10-13-19-11-6-7-12-19)18(2)17(20)21-14-16-8-4-3-5-9-16/h3-5,8-9,15H,6-7,10-14H2,1-2H3. The highest BCUT2D eigenvalue weighted by molar-refractivity contribution is 5.67. The van der Waals surface area contributed by atoms with Crippen molar-refractivity contribution >= 4 is 6.09 Å². The maximum Gasteiger partial charge on any atom is 0.410 e. The van der Waals surface area contributed by atoms with E-state index in [4.69, 9.17) is 4.74 Å². The van der Waals surface area contributed by atoms with Crippen LogP contribution in [0, 0.1) is 0 Å². The lowest BCUT2D eigenvalue weighted by Crippen LogP contribution is -2.37. The number of ether oxygens (including phenoxy) is 1. The van der Waals surface area contributed by atoms with Gasteiger partial charge in [0.1, 0.15) is 6.61 Å². The molecule has 2 rings (SSSR count). The van der Waals surface area contributed by atoms with Crippen LogP contribution in [-0.2, 0) is 11.3 Å². The summed E-state index contributed by atoms with van der Waals surface area (Å²) in [6.07, 6.45) is 3.37. The molecule has 0 radical (unpaired) electrons. The number of carbonyl (C=O) groups excluding carboxylic acids is 1. The molecule has 0 N–H and O–H groups in total. The topological polar surface area (TPSA) is 32.8 Å². The third kappa shape index (κ3) is 5.05. The molecule has 0 bridgehead atoms. The van der Waals surface area contributed by atoms with Crippen LogP contribution in [0.5, 0.6) is 0 Å². The van der Waals surface area contributed by atoms with Crippen LogP contribution in [0.2, 0.25) is 0 Å². The maximum atomic E-state index is 12.0. The minimum absolute atomic E-state index is 0.203. The summed E-state index contributed by atoms with van der Waals surface area (Å²) in [6.45, 7) is 5.89. The van der Waals surface area contributed by atoms with Crippen LogP contribution in [0.3, 0.4) is 0 Å². The highest BCUT2D eigenvalue weighted by Gasteiger charge is 2.19. The summed E-state index contributed by atoms with van der Waals surface area (Å²) >= 11 is 0. The zero-order chi connectivity index (χ0) is 15.1. The smallest absolute Gasteiger partial charge is 0.410 e. The molecule has 1 aliphatic heterocycles. The second kappa shape index (κ2) is 8.03. The van der Waals surface area contributed by atoms with E-state index in [2.05, 4.69) is 11.8 Å². The number of rotatable bonds is 6. The Hall–Kier alpha value is -1.55. The highest BCUT2D eigenvalue weighted by atomic mass is 16.6. The fourth-order valence-electron chi connectivity index (χ4n) is 2.57. The molecule has 1 saturated heterocycles. The minimum Gasteiger partial charge on any atom is -0.445 e. The second-order valence-electron chi connectivity index (χ2n) is 5.84. The monoisotopic (exact) mass is 290 g/mol. The van der Waals surface area contributed by atoms with Gasteiger partial charge in [-0.15, -0.1) is 0 Å². The predicted octanol–water partition coefficient (Wildman–Crippen LogP) is 3.13. The second-order valence-corrected chi connectivity index (χ2v) is 5.84. The van der Waals surface area contributed by atoms with Gasteiger partial charge < -0.3 is 14.5 Å². The molecule has 116 valence electrons. The number of carbonyl (C=O) groups is 1. The molecule has 0 spiro atoms. The van der Waals surface area contributed by atoms with E-state index in [9.17, 15) is 4.79 Å². The van der Waals surface area contributed by atoms with E-state index in [1.807, 2.05) is 37.4 Å². The molecular formula is C17H26N2O2. The van der Waals surface area contributed by atoms with Gasteiger partial charge in [0.05, 0.1) is 0 Å². The van der Waals surface area contributed by atoms with Crippen LogP contribution in [0.15, 0.2) is 30.3 Å². The van der Waals surface area contributed by atoms with Crippen molar-refractivity contribution in [2.45, 2.75) is 38.8 Å². The molecule has 0 saturated carbocycles. The van der Waals surface area contributed by atoms with Gasteiger partial charge in [0, 0.05) is 19.6 Å². The largest absolute Gasteiger partial charge is 0.445 e. The molecule has 4 heteroatoms. The Bertz CT molecular complexity index is 430. The van der Waals surface area contributed by atoms with Gasteiger partial charge in [-0.2, -0.15) is 0 Å². The summed E-state index contributed by atoms with van der Waals surface area (Å²) in [7, 11) is 1.82. The van der Waals surface area contributed by atoms with Gasteiger partial charge in [-0.3, -0.25) is 0 Å². The fraction of sp³-hybridized carbons (Fsp3) is 0.588. The lowest BCUT2D eigenvalue weighted by molar-refractivity contribution is 0.0904. The van der Waals surface area contributed by atoms with Crippen molar-refractivity contribution in [1.29, 1.82) is 0 Å². The third-order valence-corrected chi connectivity index (χ3v) is 4.22. The zero-order valence-corrected chi connectivity index (χ0v) is 13.1. The molecule has 1 heterocycles. The lowest BCUT2D eigenvalue weighted by Gasteiger charge is -2.26. The molecule has 1 aromatic rings. The average molecular weight is 290 g/mol. The molecule has 21 heavy (non-hydrogen) atoms. The Morgan fingerprint density at radius 1 is 1.29 bits per heavy atom. The van der Waals surface area contributed by atoms with E-state index in [1.165, 1.54) is 25.9 Å². The first-order chi connectivity index (χ1) is 10.2. The Labute approximate surface area is 127 Å². The van der Waals surface area contributed by atoms with Gasteiger partial charge in [0.15, 0.2) is 0 Å². The van der Waals surface area contributed by atoms with Gasteiger partial charge in [0.25, 0.3) is 0 Å². The van der Waals surface area contributed by atoms with Crippen molar-refractivity contribution in [3.05, 3.63) is 35.9 Å². The molecule has 1 fully saturated rings. The van der Waals surface area contributed by atoms with Crippen molar-refractivity contribution in [1.82, 2.24) is 9.80 Å². The van der Waals surface area contributed by atoms with Gasteiger partial charge in [-0.05, 0) is 44.8 Å². The van der Waals surface area contributed by atoms with E-state index in [-0.39, 0.29) is 12.1 Å². The summed E-state index contributed by atoms with van der Waals surface area (Å²) in [5, 5.41) is 0. The molecular weight excluding hydrogens is 264 g/mol. The fourth-order valence-corrected chi connectivity index (χ4v) is 2.57. The first-order valence-electron chi connectivity index (χ1n) is 7.82. The number of amides is 1. The number of likely N-dealkylation sites (tertiary alicyclic amines) is 1. The molecule has 1 unspecified atom stereocenters. The number of hydrogen-bond donors (Lipinski definition) is 0. The first-order valence-corrected chi connectivity index (χ1v) is 7.82. The van der Waals surface area contributed by atoms with Crippen LogP contribution in [0.4, 0.5) is 4.79 Å². The van der Waals surface area contributed by atoms with Crippen LogP contribution in [-0.4, -0.2) is 48.6 Å². The summed E-state index contributed by atoms with van der Waals surface area (Å²) in [4.78, 5) is 16.2. The van der Waals surface area contributed by atoms with Crippen molar-refractivity contribution < 1.29 is 9.53 Å². The number of benzene rings is 1. The van der Waals surface area contributed by atoms with Gasteiger partial charge >= 0.3 is 6.09 Å². The minimum atomic E-state index is -0.243. The van der Waals surface area contributed by atoms with E-state index >= 15 is 0 Å². The Morgan fingerprint density at radius 3 is 2.62 bits per heavy atom. The van der Waals surface area contributed by atoms with Crippen molar-refractivity contribution in [3.8, 4) is 0 Å². The van der Waals surface area contributed by atoms with Gasteiger partial charge in [0.2, 0.25) is 0 Å². The van der Waals surface area contributed by atoms with Gasteiger partial charge in [-0.1, -0.05) is 30.3 Å². The van der Waals surface area contributed by atoms with E-state index < -0.39 is 0 Å². The van der Waals surface area contributed by atoms with E-state index in [0.29, 0.717) is 6.61 Å². The van der Waals surface area contributed by atoms with E-state index in [1.54, 1.807) is 4.90 Å².